The SMILES string of the molecule is C=C[C@@H](CO)NC(=O)CCl. The molecule has 1 atom stereocenters. The monoisotopic (exact) mass is 163 g/mol. The van der Waals surface area contributed by atoms with Crippen molar-refractivity contribution in [2.45, 2.75) is 6.04 Å². The first-order valence-electron chi connectivity index (χ1n) is 2.83. The first-order valence-corrected chi connectivity index (χ1v) is 3.36. The van der Waals surface area contributed by atoms with Crippen LogP contribution in [0.1, 0.15) is 0 Å². The van der Waals surface area contributed by atoms with Gasteiger partial charge in [0.05, 0.1) is 12.6 Å². The van der Waals surface area contributed by atoms with Crippen LogP contribution < -0.4 is 5.32 Å². The quantitative estimate of drug-likeness (QED) is 0.449. The molecule has 2 N–H and O–H groups in total. The lowest BCUT2D eigenvalue weighted by atomic mass is 10.3. The summed E-state index contributed by atoms with van der Waals surface area (Å²) in [7, 11) is 0. The largest absolute Gasteiger partial charge is 0.394 e. The van der Waals surface area contributed by atoms with Gasteiger partial charge in [-0.25, -0.2) is 0 Å². The van der Waals surface area contributed by atoms with Crippen molar-refractivity contribution in [3.63, 3.8) is 0 Å². The van der Waals surface area contributed by atoms with Crippen LogP contribution in [0.15, 0.2) is 12.7 Å². The third-order valence-corrected chi connectivity index (χ3v) is 1.19. The molecule has 0 aliphatic carbocycles. The third-order valence-electron chi connectivity index (χ3n) is 0.949. The van der Waals surface area contributed by atoms with Gasteiger partial charge in [-0.05, 0) is 0 Å². The van der Waals surface area contributed by atoms with E-state index in [1.807, 2.05) is 0 Å². The normalized spacial score (nSPS) is 12.2. The maximum atomic E-state index is 10.5. The molecule has 0 unspecified atom stereocenters. The topological polar surface area (TPSA) is 49.3 Å². The first kappa shape index (κ1) is 9.46. The minimum Gasteiger partial charge on any atom is -0.394 e. The Bertz CT molecular complexity index is 127. The fourth-order valence-electron chi connectivity index (χ4n) is 0.424. The smallest absolute Gasteiger partial charge is 0.235 e. The van der Waals surface area contributed by atoms with E-state index < -0.39 is 0 Å². The van der Waals surface area contributed by atoms with E-state index in [0.717, 1.165) is 0 Å². The van der Waals surface area contributed by atoms with Crippen LogP contribution in [0.3, 0.4) is 0 Å². The molecule has 10 heavy (non-hydrogen) atoms. The van der Waals surface area contributed by atoms with Gasteiger partial charge in [-0.1, -0.05) is 6.08 Å². The van der Waals surface area contributed by atoms with Crippen LogP contribution in [-0.2, 0) is 4.79 Å². The minimum atomic E-state index is -0.383. The van der Waals surface area contributed by atoms with Crippen molar-refractivity contribution in [2.75, 3.05) is 12.5 Å². The number of carbonyl (C=O) groups excluding carboxylic acids is 1. The van der Waals surface area contributed by atoms with E-state index in [2.05, 4.69) is 11.9 Å². The van der Waals surface area contributed by atoms with Crippen molar-refractivity contribution in [3.05, 3.63) is 12.7 Å². The number of aliphatic hydroxyl groups excluding tert-OH is 1. The summed E-state index contributed by atoms with van der Waals surface area (Å²) in [5.41, 5.74) is 0. The van der Waals surface area contributed by atoms with Gasteiger partial charge < -0.3 is 10.4 Å². The molecule has 0 aliphatic rings. The highest BCUT2D eigenvalue weighted by atomic mass is 35.5. The van der Waals surface area contributed by atoms with Crippen LogP contribution in [0.2, 0.25) is 0 Å². The molecule has 3 nitrogen and oxygen atoms in total. The molecular formula is C6H10ClNO2. The summed E-state index contributed by atoms with van der Waals surface area (Å²) in [6.45, 7) is 3.25. The summed E-state index contributed by atoms with van der Waals surface area (Å²) < 4.78 is 0. The van der Waals surface area contributed by atoms with Crippen LogP contribution in [0.5, 0.6) is 0 Å². The van der Waals surface area contributed by atoms with E-state index >= 15 is 0 Å². The van der Waals surface area contributed by atoms with Crippen LogP contribution in [0.25, 0.3) is 0 Å². The molecule has 0 rings (SSSR count). The molecule has 58 valence electrons. The number of amides is 1. The Kier molecular flexibility index (Phi) is 4.98. The Hall–Kier alpha value is -0.540. The fourth-order valence-corrected chi connectivity index (χ4v) is 0.502. The summed E-state index contributed by atoms with van der Waals surface area (Å²) in [6, 6.07) is -0.383. The highest BCUT2D eigenvalue weighted by Crippen LogP contribution is 1.83. The Morgan fingerprint density at radius 3 is 2.80 bits per heavy atom. The highest BCUT2D eigenvalue weighted by Gasteiger charge is 2.04. The summed E-state index contributed by atoms with van der Waals surface area (Å²) >= 11 is 5.18. The molecule has 0 bridgehead atoms. The molecule has 0 saturated carbocycles. The molecule has 0 aromatic carbocycles. The molecule has 0 spiro atoms. The van der Waals surface area contributed by atoms with Gasteiger partial charge in [0.15, 0.2) is 0 Å². The number of rotatable bonds is 4. The lowest BCUT2D eigenvalue weighted by Gasteiger charge is -2.09. The van der Waals surface area contributed by atoms with Gasteiger partial charge >= 0.3 is 0 Å². The molecule has 0 radical (unpaired) electrons. The summed E-state index contributed by atoms with van der Waals surface area (Å²) in [6.07, 6.45) is 1.45. The van der Waals surface area contributed by atoms with Crippen molar-refractivity contribution in [2.24, 2.45) is 0 Å². The molecule has 0 fully saturated rings. The van der Waals surface area contributed by atoms with Crippen molar-refractivity contribution in [1.29, 1.82) is 0 Å². The molecule has 0 saturated heterocycles. The Balaban J connectivity index is 3.62. The number of halogens is 1. The molecule has 0 aliphatic heterocycles. The van der Waals surface area contributed by atoms with Crippen LogP contribution in [0, 0.1) is 0 Å². The Morgan fingerprint density at radius 2 is 2.50 bits per heavy atom. The number of aliphatic hydroxyl groups is 1. The van der Waals surface area contributed by atoms with E-state index in [0.29, 0.717) is 0 Å². The van der Waals surface area contributed by atoms with E-state index in [4.69, 9.17) is 16.7 Å². The number of nitrogens with one attached hydrogen (secondary N) is 1. The second-order valence-corrected chi connectivity index (χ2v) is 1.99. The van der Waals surface area contributed by atoms with Gasteiger partial charge in [0.1, 0.15) is 5.88 Å². The van der Waals surface area contributed by atoms with E-state index in [9.17, 15) is 4.79 Å². The van der Waals surface area contributed by atoms with E-state index in [1.54, 1.807) is 0 Å². The van der Waals surface area contributed by atoms with Crippen molar-refractivity contribution in [3.8, 4) is 0 Å². The van der Waals surface area contributed by atoms with Gasteiger partial charge in [0.2, 0.25) is 5.91 Å². The van der Waals surface area contributed by atoms with Crippen molar-refractivity contribution >= 4 is 17.5 Å². The lowest BCUT2D eigenvalue weighted by Crippen LogP contribution is -2.36. The lowest BCUT2D eigenvalue weighted by molar-refractivity contribution is -0.119. The maximum Gasteiger partial charge on any atom is 0.235 e. The predicted molar refractivity (Wildman–Crippen MR) is 39.9 cm³/mol. The van der Waals surface area contributed by atoms with Gasteiger partial charge in [-0.15, -0.1) is 18.2 Å². The van der Waals surface area contributed by atoms with Gasteiger partial charge in [-0.3, -0.25) is 4.79 Å². The van der Waals surface area contributed by atoms with Crippen molar-refractivity contribution < 1.29 is 9.90 Å². The van der Waals surface area contributed by atoms with Gasteiger partial charge in [0.25, 0.3) is 0 Å². The Labute approximate surface area is 64.7 Å². The third kappa shape index (κ3) is 3.48. The average Bonchev–Trinajstić information content (AvgIpc) is 1.99. The number of carbonyl (C=O) groups is 1. The van der Waals surface area contributed by atoms with Gasteiger partial charge in [-0.2, -0.15) is 0 Å². The van der Waals surface area contributed by atoms with Crippen LogP contribution in [0.4, 0.5) is 0 Å². The summed E-state index contributed by atoms with van der Waals surface area (Å²) in [4.78, 5) is 10.5. The molecular weight excluding hydrogens is 154 g/mol. The number of hydrogen-bond donors (Lipinski definition) is 2. The first-order chi connectivity index (χ1) is 4.74. The second-order valence-electron chi connectivity index (χ2n) is 1.73. The van der Waals surface area contributed by atoms with E-state index in [1.165, 1.54) is 6.08 Å². The Morgan fingerprint density at radius 1 is 1.90 bits per heavy atom. The second kappa shape index (κ2) is 5.26. The number of alkyl halides is 1. The average molecular weight is 164 g/mol. The highest BCUT2D eigenvalue weighted by molar-refractivity contribution is 6.27. The number of hydrogen-bond acceptors (Lipinski definition) is 2. The zero-order valence-corrected chi connectivity index (χ0v) is 6.27. The van der Waals surface area contributed by atoms with Crippen LogP contribution >= 0.6 is 11.6 Å². The summed E-state index contributed by atoms with van der Waals surface area (Å²) in [5, 5.41) is 11.0. The van der Waals surface area contributed by atoms with Crippen molar-refractivity contribution in [1.82, 2.24) is 5.32 Å². The zero-order chi connectivity index (χ0) is 7.98. The molecule has 4 heteroatoms. The van der Waals surface area contributed by atoms with Gasteiger partial charge in [0, 0.05) is 0 Å². The minimum absolute atomic E-state index is 0.0929. The predicted octanol–water partition coefficient (Wildman–Crippen LogP) is -0.112. The summed E-state index contributed by atoms with van der Waals surface area (Å²) in [5.74, 6) is -0.398. The molecule has 1 amide bonds. The standard InChI is InChI=1S/C6H10ClNO2/c1-2-5(4-9)8-6(10)3-7/h2,5,9H,1,3-4H2,(H,8,10)/t5-/m0/s1. The zero-order valence-electron chi connectivity index (χ0n) is 5.51. The molecule has 0 aromatic rings. The molecule has 0 heterocycles. The fraction of sp³-hybridized carbons (Fsp3) is 0.500. The molecule has 0 aromatic heterocycles. The van der Waals surface area contributed by atoms with Crippen LogP contribution in [-0.4, -0.2) is 29.5 Å². The maximum absolute atomic E-state index is 10.5. The van der Waals surface area contributed by atoms with E-state index in [-0.39, 0.29) is 24.4 Å².